The van der Waals surface area contributed by atoms with Crippen molar-refractivity contribution in [2.45, 2.75) is 51.0 Å². The second kappa shape index (κ2) is 10.6. The van der Waals surface area contributed by atoms with Crippen molar-refractivity contribution in [2.75, 3.05) is 6.16 Å². The lowest BCUT2D eigenvalue weighted by Gasteiger charge is -2.43. The Morgan fingerprint density at radius 1 is 1.16 bits per heavy atom. The van der Waals surface area contributed by atoms with Gasteiger partial charge in [0.05, 0.1) is 12.3 Å². The number of azide groups is 1. The van der Waals surface area contributed by atoms with Crippen molar-refractivity contribution < 1.29 is 48.0 Å². The van der Waals surface area contributed by atoms with Crippen molar-refractivity contribution >= 4 is 25.2 Å². The van der Waals surface area contributed by atoms with Gasteiger partial charge in [0, 0.05) is 24.4 Å². The Kier molecular flexibility index (Phi) is 8.40. The summed E-state index contributed by atoms with van der Waals surface area (Å²) in [7, 11) is -4.41. The van der Waals surface area contributed by atoms with Gasteiger partial charge in [-0.1, -0.05) is 5.11 Å². The molecule has 1 aliphatic rings. The van der Waals surface area contributed by atoms with Crippen LogP contribution in [0.5, 0.6) is 5.75 Å². The third kappa shape index (κ3) is 7.51. The van der Waals surface area contributed by atoms with Crippen LogP contribution in [0.3, 0.4) is 0 Å². The fourth-order valence-electron chi connectivity index (χ4n) is 2.94. The Balaban J connectivity index is 2.33. The first-order valence-electron chi connectivity index (χ1n) is 9.04. The van der Waals surface area contributed by atoms with Crippen molar-refractivity contribution in [3.63, 3.8) is 0 Å². The van der Waals surface area contributed by atoms with Gasteiger partial charge in [0.1, 0.15) is 11.9 Å². The first kappa shape index (κ1) is 24.6. The molecule has 1 heterocycles. The minimum atomic E-state index is -4.41. The molecule has 0 radical (unpaired) electrons. The second-order valence-electron chi connectivity index (χ2n) is 6.66. The molecule has 0 unspecified atom stereocenters. The molecule has 31 heavy (non-hydrogen) atoms. The van der Waals surface area contributed by atoms with E-state index in [0.717, 1.165) is 13.8 Å². The summed E-state index contributed by atoms with van der Waals surface area (Å²) in [4.78, 5) is 44.1. The maximum absolute atomic E-state index is 11.6. The predicted molar refractivity (Wildman–Crippen MR) is 103 cm³/mol. The minimum Gasteiger partial charge on any atom is -0.461 e. The van der Waals surface area contributed by atoms with Crippen LogP contribution < -0.4 is 4.74 Å². The van der Waals surface area contributed by atoms with E-state index in [1.165, 1.54) is 24.3 Å². The van der Waals surface area contributed by atoms with E-state index in [9.17, 15) is 19.3 Å². The molecular weight excluding hydrogens is 437 g/mol. The van der Waals surface area contributed by atoms with Gasteiger partial charge in [-0.05, 0) is 36.2 Å². The molecule has 2 rings (SSSR count). The van der Waals surface area contributed by atoms with Crippen LogP contribution in [0.25, 0.3) is 10.4 Å². The Bertz CT molecular complexity index is 883. The summed E-state index contributed by atoms with van der Waals surface area (Å²) in [6, 6.07) is 5.77. The quantitative estimate of drug-likeness (QED) is 0.168. The highest BCUT2D eigenvalue weighted by molar-refractivity contribution is 7.51. The number of ether oxygens (including phenoxy) is 4. The van der Waals surface area contributed by atoms with Gasteiger partial charge in [-0.15, -0.1) is 0 Å². The summed E-state index contributed by atoms with van der Waals surface area (Å²) in [6.07, 6.45) is -7.81. The van der Waals surface area contributed by atoms with Crippen LogP contribution in [-0.4, -0.2) is 63.7 Å². The van der Waals surface area contributed by atoms with Crippen molar-refractivity contribution in [2.24, 2.45) is 5.11 Å². The monoisotopic (exact) mass is 459 g/mol. The van der Waals surface area contributed by atoms with Gasteiger partial charge in [-0.2, -0.15) is 0 Å². The van der Waals surface area contributed by atoms with Crippen molar-refractivity contribution in [3.8, 4) is 5.75 Å². The largest absolute Gasteiger partial charge is 0.461 e. The van der Waals surface area contributed by atoms with E-state index in [1.54, 1.807) is 0 Å². The third-order valence-electron chi connectivity index (χ3n) is 4.18. The van der Waals surface area contributed by atoms with E-state index in [1.807, 2.05) is 0 Å². The Morgan fingerprint density at radius 3 is 2.26 bits per heavy atom. The number of hydrogen-bond donors (Lipinski definition) is 3. The molecule has 0 saturated carbocycles. The molecule has 0 aliphatic carbocycles. The smallest absolute Gasteiger partial charge is 0.325 e. The highest BCUT2D eigenvalue weighted by Gasteiger charge is 2.50. The van der Waals surface area contributed by atoms with E-state index < -0.39 is 56.4 Å². The van der Waals surface area contributed by atoms with Crippen molar-refractivity contribution in [1.82, 2.24) is 0 Å². The van der Waals surface area contributed by atoms with Crippen LogP contribution in [0.2, 0.25) is 0 Å². The SMILES string of the molecule is CC(=O)O[C@@H]1[C@@H](Oc2ccc(N=[N+]=[N-])cc2)O[C@H](CCP(=O)(O)O)[C@@H](O)[C@@H]1OC(C)=O. The van der Waals surface area contributed by atoms with Crippen LogP contribution in [0, 0.1) is 0 Å². The zero-order chi connectivity index (χ0) is 23.2. The molecule has 1 aliphatic heterocycles. The van der Waals surface area contributed by atoms with E-state index in [4.69, 9.17) is 34.3 Å². The number of hydrogen-bond acceptors (Lipinski definition) is 9. The van der Waals surface area contributed by atoms with Crippen LogP contribution in [0.4, 0.5) is 5.69 Å². The molecule has 5 atom stereocenters. The number of aliphatic hydroxyl groups is 1. The summed E-state index contributed by atoms with van der Waals surface area (Å²) in [6.45, 7) is 2.19. The molecule has 1 aromatic rings. The number of nitrogens with zero attached hydrogens (tertiary/aromatic N) is 3. The van der Waals surface area contributed by atoms with E-state index >= 15 is 0 Å². The molecule has 1 saturated heterocycles. The van der Waals surface area contributed by atoms with Crippen LogP contribution >= 0.6 is 7.60 Å². The molecule has 170 valence electrons. The van der Waals surface area contributed by atoms with Gasteiger partial charge < -0.3 is 33.8 Å². The molecular formula is C17H22N3O10P. The average Bonchev–Trinajstić information content (AvgIpc) is 2.66. The molecule has 0 aromatic heterocycles. The summed E-state index contributed by atoms with van der Waals surface area (Å²) in [5.74, 6) is -1.35. The fourth-order valence-corrected chi connectivity index (χ4v) is 3.53. The number of carbonyl (C=O) groups excluding carboxylic acids is 2. The second-order valence-corrected chi connectivity index (χ2v) is 8.44. The first-order valence-corrected chi connectivity index (χ1v) is 10.8. The summed E-state index contributed by atoms with van der Waals surface area (Å²) in [5, 5.41) is 14.0. The lowest BCUT2D eigenvalue weighted by molar-refractivity contribution is -0.280. The molecule has 0 bridgehead atoms. The molecule has 13 nitrogen and oxygen atoms in total. The Labute approximate surface area is 176 Å². The van der Waals surface area contributed by atoms with E-state index in [0.29, 0.717) is 5.69 Å². The number of aliphatic hydroxyl groups excluding tert-OH is 1. The Hall–Kier alpha value is -2.66. The van der Waals surface area contributed by atoms with Gasteiger partial charge in [0.25, 0.3) is 0 Å². The normalized spacial score (nSPS) is 25.8. The number of esters is 2. The third-order valence-corrected chi connectivity index (χ3v) is 5.02. The highest BCUT2D eigenvalue weighted by atomic mass is 31.2. The maximum Gasteiger partial charge on any atom is 0.325 e. The summed E-state index contributed by atoms with van der Waals surface area (Å²) in [5.41, 5.74) is 8.78. The molecule has 14 heteroatoms. The molecule has 1 fully saturated rings. The van der Waals surface area contributed by atoms with E-state index in [2.05, 4.69) is 10.0 Å². The van der Waals surface area contributed by atoms with Crippen molar-refractivity contribution in [1.29, 1.82) is 0 Å². The first-order chi connectivity index (χ1) is 14.5. The lowest BCUT2D eigenvalue weighted by Crippen LogP contribution is -2.61. The average molecular weight is 459 g/mol. The van der Waals surface area contributed by atoms with Crippen LogP contribution in [0.15, 0.2) is 29.4 Å². The lowest BCUT2D eigenvalue weighted by atomic mass is 9.96. The number of benzene rings is 1. The highest BCUT2D eigenvalue weighted by Crippen LogP contribution is 2.38. The molecule has 1 aromatic carbocycles. The topological polar surface area (TPSA) is 198 Å². The molecule has 0 spiro atoms. The van der Waals surface area contributed by atoms with Crippen LogP contribution in [-0.2, 0) is 28.4 Å². The molecule has 3 N–H and O–H groups in total. The number of carbonyl (C=O) groups is 2. The standard InChI is InChI=1S/C17H22N3O10P/c1-9(21)27-15-14(23)13(7-8-31(24,25)26)30-17(16(15)28-10(2)22)29-12-5-3-11(4-6-12)19-20-18/h3-6,13-17,23H,7-8H2,1-2H3,(H2,24,25,26)/t13-,14-,15+,16+,17+/m1/s1. The van der Waals surface area contributed by atoms with Crippen LogP contribution in [0.1, 0.15) is 20.3 Å². The van der Waals surface area contributed by atoms with Gasteiger partial charge in [-0.25, -0.2) is 0 Å². The van der Waals surface area contributed by atoms with Gasteiger partial charge >= 0.3 is 19.5 Å². The zero-order valence-electron chi connectivity index (χ0n) is 16.6. The number of rotatable bonds is 8. The Morgan fingerprint density at radius 2 is 1.74 bits per heavy atom. The predicted octanol–water partition coefficient (Wildman–Crippen LogP) is 1.52. The van der Waals surface area contributed by atoms with Crippen molar-refractivity contribution in [3.05, 3.63) is 34.7 Å². The zero-order valence-corrected chi connectivity index (χ0v) is 17.5. The van der Waals surface area contributed by atoms with Gasteiger partial charge in [0.2, 0.25) is 12.4 Å². The minimum absolute atomic E-state index is 0.200. The maximum atomic E-state index is 11.6. The van der Waals surface area contributed by atoms with Gasteiger partial charge in [-0.3, -0.25) is 14.2 Å². The fraction of sp³-hybridized carbons (Fsp3) is 0.529. The summed E-state index contributed by atoms with van der Waals surface area (Å²) < 4.78 is 32.9. The summed E-state index contributed by atoms with van der Waals surface area (Å²) >= 11 is 0. The van der Waals surface area contributed by atoms with Gasteiger partial charge in [0.15, 0.2) is 6.10 Å². The van der Waals surface area contributed by atoms with E-state index in [-0.39, 0.29) is 12.2 Å². The molecule has 0 amide bonds.